The van der Waals surface area contributed by atoms with E-state index in [0.717, 1.165) is 28.9 Å². The van der Waals surface area contributed by atoms with E-state index >= 15 is 0 Å². The minimum Gasteiger partial charge on any atom is -0.454 e. The molecule has 1 saturated heterocycles. The van der Waals surface area contributed by atoms with E-state index in [1.165, 1.54) is 0 Å². The second-order valence-electron chi connectivity index (χ2n) is 7.41. The lowest BCUT2D eigenvalue weighted by molar-refractivity contribution is -0.150. The summed E-state index contributed by atoms with van der Waals surface area (Å²) in [6.45, 7) is 6.75. The minimum atomic E-state index is -0.957. The number of imide groups is 1. The lowest BCUT2D eigenvalue weighted by Crippen LogP contribution is -2.47. The monoisotopic (exact) mass is 403 g/mol. The van der Waals surface area contributed by atoms with Crippen molar-refractivity contribution in [3.05, 3.63) is 29.3 Å². The molecule has 0 saturated carbocycles. The summed E-state index contributed by atoms with van der Waals surface area (Å²) in [5.74, 6) is -1.72. The van der Waals surface area contributed by atoms with Gasteiger partial charge in [0.15, 0.2) is 6.61 Å². The summed E-state index contributed by atoms with van der Waals surface area (Å²) in [7, 11) is 0. The van der Waals surface area contributed by atoms with Crippen molar-refractivity contribution in [2.75, 3.05) is 18.5 Å². The van der Waals surface area contributed by atoms with Crippen LogP contribution in [0.4, 0.5) is 10.5 Å². The Kier molecular flexibility index (Phi) is 7.36. The first-order valence-corrected chi connectivity index (χ1v) is 9.89. The Morgan fingerprint density at radius 1 is 1.10 bits per heavy atom. The molecule has 1 aliphatic heterocycles. The average molecular weight is 403 g/mol. The summed E-state index contributed by atoms with van der Waals surface area (Å²) in [6, 6.07) is 4.86. The van der Waals surface area contributed by atoms with E-state index in [4.69, 9.17) is 4.74 Å². The highest BCUT2D eigenvalue weighted by Gasteiger charge is 2.50. The van der Waals surface area contributed by atoms with Crippen LogP contribution >= 0.6 is 0 Å². The van der Waals surface area contributed by atoms with Crippen LogP contribution in [0.3, 0.4) is 0 Å². The number of anilines is 1. The molecule has 2 N–H and O–H groups in total. The van der Waals surface area contributed by atoms with Gasteiger partial charge in [-0.1, -0.05) is 32.8 Å². The third kappa shape index (κ3) is 5.34. The van der Waals surface area contributed by atoms with Crippen molar-refractivity contribution in [3.8, 4) is 0 Å². The van der Waals surface area contributed by atoms with Crippen LogP contribution in [-0.2, 0) is 19.1 Å². The number of rotatable bonds is 9. The van der Waals surface area contributed by atoms with Crippen molar-refractivity contribution in [3.63, 3.8) is 0 Å². The Hall–Kier alpha value is -2.90. The number of carbonyl (C=O) groups is 4. The van der Waals surface area contributed by atoms with Crippen LogP contribution in [0.25, 0.3) is 0 Å². The molecule has 0 radical (unpaired) electrons. The van der Waals surface area contributed by atoms with Crippen molar-refractivity contribution in [2.45, 2.75) is 58.9 Å². The fourth-order valence-corrected chi connectivity index (χ4v) is 3.47. The maximum atomic E-state index is 12.7. The molecule has 1 fully saturated rings. The number of nitrogens with one attached hydrogen (secondary N) is 2. The summed E-state index contributed by atoms with van der Waals surface area (Å²) in [6.07, 6.45) is 2.47. The Morgan fingerprint density at radius 2 is 1.76 bits per heavy atom. The van der Waals surface area contributed by atoms with Gasteiger partial charge >= 0.3 is 12.0 Å². The third-order valence-corrected chi connectivity index (χ3v) is 5.04. The van der Waals surface area contributed by atoms with Crippen LogP contribution in [0.1, 0.15) is 50.7 Å². The maximum absolute atomic E-state index is 12.7. The van der Waals surface area contributed by atoms with E-state index in [-0.39, 0.29) is 0 Å². The van der Waals surface area contributed by atoms with Gasteiger partial charge in [0, 0.05) is 5.69 Å². The van der Waals surface area contributed by atoms with Crippen molar-refractivity contribution >= 4 is 29.5 Å². The molecule has 8 heteroatoms. The number of hydrogen-bond donors (Lipinski definition) is 2. The van der Waals surface area contributed by atoms with Gasteiger partial charge in [0.2, 0.25) is 0 Å². The highest BCUT2D eigenvalue weighted by molar-refractivity contribution is 6.08. The normalized spacial score (nSPS) is 15.2. The molecule has 0 atom stereocenters. The van der Waals surface area contributed by atoms with Crippen LogP contribution in [-0.4, -0.2) is 47.4 Å². The third-order valence-electron chi connectivity index (χ3n) is 5.04. The molecule has 1 aromatic carbocycles. The number of nitrogens with zero attached hydrogens (tertiary/aromatic N) is 1. The molecule has 4 amide bonds. The highest BCUT2D eigenvalue weighted by Crippen LogP contribution is 2.27. The largest absolute Gasteiger partial charge is 0.454 e. The Balaban J connectivity index is 1.89. The molecule has 1 aliphatic rings. The van der Waals surface area contributed by atoms with Gasteiger partial charge in [-0.05, 0) is 49.9 Å². The predicted octanol–water partition coefficient (Wildman–Crippen LogP) is 2.68. The van der Waals surface area contributed by atoms with Crippen molar-refractivity contribution < 1.29 is 23.9 Å². The van der Waals surface area contributed by atoms with E-state index in [1.54, 1.807) is 6.07 Å². The van der Waals surface area contributed by atoms with Gasteiger partial charge in [0.25, 0.3) is 11.8 Å². The zero-order valence-electron chi connectivity index (χ0n) is 17.5. The molecule has 0 bridgehead atoms. The summed E-state index contributed by atoms with van der Waals surface area (Å²) >= 11 is 0. The number of esters is 1. The smallest absolute Gasteiger partial charge is 0.326 e. The first-order valence-electron chi connectivity index (χ1n) is 9.89. The molecule has 0 aromatic heterocycles. The number of benzene rings is 1. The molecular formula is C21H29N3O5. The molecule has 2 rings (SSSR count). The second-order valence-corrected chi connectivity index (χ2v) is 7.41. The first-order chi connectivity index (χ1) is 13.7. The molecule has 29 heavy (non-hydrogen) atoms. The number of urea groups is 1. The standard InChI is InChI=1S/C21H29N3O5/c1-5-9-21(10-6-2)19(27)24(20(28)23-21)12-18(26)29-13-17(25)22-16-8-7-14(3)15(4)11-16/h7-8,11H,5-6,9-10,12-13H2,1-4H3,(H,22,25)(H,23,28). The van der Waals surface area contributed by atoms with Gasteiger partial charge in [0.1, 0.15) is 12.1 Å². The zero-order valence-corrected chi connectivity index (χ0v) is 17.5. The molecule has 0 unspecified atom stereocenters. The summed E-state index contributed by atoms with van der Waals surface area (Å²) in [5.41, 5.74) is 1.78. The lowest BCUT2D eigenvalue weighted by Gasteiger charge is -2.25. The van der Waals surface area contributed by atoms with Crippen LogP contribution in [0, 0.1) is 13.8 Å². The molecule has 1 aromatic rings. The summed E-state index contributed by atoms with van der Waals surface area (Å²) in [5, 5.41) is 5.38. The van der Waals surface area contributed by atoms with Gasteiger partial charge in [-0.2, -0.15) is 0 Å². The van der Waals surface area contributed by atoms with E-state index in [2.05, 4.69) is 10.6 Å². The molecule has 0 aliphatic carbocycles. The molecule has 1 heterocycles. The van der Waals surface area contributed by atoms with Crippen molar-refractivity contribution in [1.29, 1.82) is 0 Å². The van der Waals surface area contributed by atoms with Gasteiger partial charge < -0.3 is 15.4 Å². The lowest BCUT2D eigenvalue weighted by atomic mass is 9.88. The molecule has 8 nitrogen and oxygen atoms in total. The van der Waals surface area contributed by atoms with Crippen molar-refractivity contribution in [1.82, 2.24) is 10.2 Å². The van der Waals surface area contributed by atoms with Gasteiger partial charge in [-0.15, -0.1) is 0 Å². The van der Waals surface area contributed by atoms with E-state index in [9.17, 15) is 19.2 Å². The van der Waals surface area contributed by atoms with E-state index < -0.39 is 42.5 Å². The quantitative estimate of drug-likeness (QED) is 0.487. The number of carbonyl (C=O) groups excluding carboxylic acids is 4. The number of amides is 4. The minimum absolute atomic E-state index is 0.414. The summed E-state index contributed by atoms with van der Waals surface area (Å²) < 4.78 is 4.95. The van der Waals surface area contributed by atoms with Crippen LogP contribution in [0.2, 0.25) is 0 Å². The molecule has 0 spiro atoms. The predicted molar refractivity (Wildman–Crippen MR) is 108 cm³/mol. The Bertz CT molecular complexity index is 800. The second kappa shape index (κ2) is 9.54. The first kappa shape index (κ1) is 22.4. The summed E-state index contributed by atoms with van der Waals surface area (Å²) in [4.78, 5) is 49.9. The topological polar surface area (TPSA) is 105 Å². The van der Waals surface area contributed by atoms with E-state index in [0.29, 0.717) is 18.5 Å². The van der Waals surface area contributed by atoms with E-state index in [1.807, 2.05) is 39.8 Å². The highest BCUT2D eigenvalue weighted by atomic mass is 16.5. The number of hydrogen-bond acceptors (Lipinski definition) is 5. The molecular weight excluding hydrogens is 374 g/mol. The van der Waals surface area contributed by atoms with Gasteiger partial charge in [0.05, 0.1) is 0 Å². The SMILES string of the molecule is CCCC1(CCC)NC(=O)N(CC(=O)OCC(=O)Nc2ccc(C)c(C)c2)C1=O. The Labute approximate surface area is 171 Å². The van der Waals surface area contributed by atoms with Crippen LogP contribution in [0.15, 0.2) is 18.2 Å². The number of ether oxygens (including phenoxy) is 1. The Morgan fingerprint density at radius 3 is 2.34 bits per heavy atom. The van der Waals surface area contributed by atoms with Crippen LogP contribution in [0.5, 0.6) is 0 Å². The van der Waals surface area contributed by atoms with Gasteiger partial charge in [-0.3, -0.25) is 19.3 Å². The fraction of sp³-hybridized carbons (Fsp3) is 0.524. The van der Waals surface area contributed by atoms with Crippen molar-refractivity contribution in [2.24, 2.45) is 0 Å². The van der Waals surface area contributed by atoms with Gasteiger partial charge in [-0.25, -0.2) is 4.79 Å². The molecule has 158 valence electrons. The maximum Gasteiger partial charge on any atom is 0.326 e. The fourth-order valence-electron chi connectivity index (χ4n) is 3.47. The van der Waals surface area contributed by atoms with Crippen LogP contribution < -0.4 is 10.6 Å². The number of aryl methyl sites for hydroxylation is 2. The average Bonchev–Trinajstić information content (AvgIpc) is 2.88. The zero-order chi connectivity index (χ0) is 21.6.